The van der Waals surface area contributed by atoms with E-state index in [9.17, 15) is 13.2 Å². The lowest BCUT2D eigenvalue weighted by Crippen LogP contribution is -2.56. The van der Waals surface area contributed by atoms with Crippen LogP contribution in [0, 0.1) is 0 Å². The van der Waals surface area contributed by atoms with Crippen LogP contribution in [0.1, 0.15) is 18.9 Å². The average molecular weight is 245 g/mol. The van der Waals surface area contributed by atoms with E-state index >= 15 is 0 Å². The maximum absolute atomic E-state index is 13.3. The summed E-state index contributed by atoms with van der Waals surface area (Å²) in [7, 11) is 0. The molecule has 1 aromatic carbocycles. The van der Waals surface area contributed by atoms with Crippen LogP contribution in [0.2, 0.25) is 0 Å². The SMILES string of the molecule is CCNC1(C(F)(F)F)CCOc2ccccc21. The van der Waals surface area contributed by atoms with Gasteiger partial charge >= 0.3 is 6.18 Å². The zero-order chi connectivity index (χ0) is 12.5. The summed E-state index contributed by atoms with van der Waals surface area (Å²) in [6, 6.07) is 6.33. The van der Waals surface area contributed by atoms with Crippen LogP contribution in [0.25, 0.3) is 0 Å². The molecule has 17 heavy (non-hydrogen) atoms. The first kappa shape index (κ1) is 12.2. The molecule has 1 atom stereocenters. The maximum atomic E-state index is 13.3. The van der Waals surface area contributed by atoms with Crippen molar-refractivity contribution in [3.05, 3.63) is 29.8 Å². The van der Waals surface area contributed by atoms with Crippen LogP contribution in [0.5, 0.6) is 5.75 Å². The predicted molar refractivity (Wildman–Crippen MR) is 58.0 cm³/mol. The summed E-state index contributed by atoms with van der Waals surface area (Å²) in [5.74, 6) is 0.317. The fourth-order valence-electron chi connectivity index (χ4n) is 2.27. The minimum atomic E-state index is -4.33. The standard InChI is InChI=1S/C12H14F3NO/c1-2-16-11(12(13,14)15)7-8-17-10-6-4-3-5-9(10)11/h3-6,16H,2,7-8H2,1H3. The number of nitrogens with one attached hydrogen (secondary N) is 1. The highest BCUT2D eigenvalue weighted by molar-refractivity contribution is 5.42. The number of benzene rings is 1. The summed E-state index contributed by atoms with van der Waals surface area (Å²) in [5, 5.41) is 2.59. The fraction of sp³-hybridized carbons (Fsp3) is 0.500. The number of hydrogen-bond acceptors (Lipinski definition) is 2. The molecule has 0 radical (unpaired) electrons. The van der Waals surface area contributed by atoms with Gasteiger partial charge in [-0.05, 0) is 12.6 Å². The Bertz CT molecular complexity index is 405. The Labute approximate surface area is 97.8 Å². The molecule has 1 aliphatic rings. The van der Waals surface area contributed by atoms with Crippen molar-refractivity contribution in [3.63, 3.8) is 0 Å². The van der Waals surface area contributed by atoms with E-state index in [1.807, 2.05) is 0 Å². The molecule has 0 saturated carbocycles. The zero-order valence-electron chi connectivity index (χ0n) is 9.47. The van der Waals surface area contributed by atoms with E-state index in [1.165, 1.54) is 6.07 Å². The van der Waals surface area contributed by atoms with Gasteiger partial charge in [0, 0.05) is 12.0 Å². The van der Waals surface area contributed by atoms with Crippen molar-refractivity contribution >= 4 is 0 Å². The van der Waals surface area contributed by atoms with Gasteiger partial charge in [-0.2, -0.15) is 13.2 Å². The number of halogens is 3. The molecule has 1 heterocycles. The second-order valence-corrected chi connectivity index (χ2v) is 4.03. The third-order valence-electron chi connectivity index (χ3n) is 3.04. The van der Waals surface area contributed by atoms with Gasteiger partial charge in [-0.15, -0.1) is 0 Å². The van der Waals surface area contributed by atoms with Gasteiger partial charge in [0.25, 0.3) is 0 Å². The molecule has 0 amide bonds. The van der Waals surface area contributed by atoms with Crippen LogP contribution < -0.4 is 10.1 Å². The molecule has 2 rings (SSSR count). The van der Waals surface area contributed by atoms with E-state index in [0.29, 0.717) is 5.75 Å². The molecule has 0 bridgehead atoms. The summed E-state index contributed by atoms with van der Waals surface area (Å²) >= 11 is 0. The first-order valence-corrected chi connectivity index (χ1v) is 5.55. The van der Waals surface area contributed by atoms with E-state index in [4.69, 9.17) is 4.74 Å². The number of fused-ring (bicyclic) bond motifs is 1. The first-order chi connectivity index (χ1) is 8.01. The summed E-state index contributed by atoms with van der Waals surface area (Å²) in [6.07, 6.45) is -4.43. The first-order valence-electron chi connectivity index (χ1n) is 5.55. The molecule has 1 N–H and O–H groups in total. The highest BCUT2D eigenvalue weighted by Crippen LogP contribution is 2.47. The van der Waals surface area contributed by atoms with Crippen LogP contribution >= 0.6 is 0 Å². The zero-order valence-corrected chi connectivity index (χ0v) is 9.47. The summed E-state index contributed by atoms with van der Waals surface area (Å²) in [6.45, 7) is 2.00. The third-order valence-corrected chi connectivity index (χ3v) is 3.04. The molecule has 0 saturated heterocycles. The van der Waals surface area contributed by atoms with Crippen molar-refractivity contribution in [2.24, 2.45) is 0 Å². The third kappa shape index (κ3) is 1.88. The predicted octanol–water partition coefficient (Wildman–Crippen LogP) is 2.84. The molecule has 2 nitrogen and oxygen atoms in total. The Kier molecular flexibility index (Phi) is 3.03. The fourth-order valence-corrected chi connectivity index (χ4v) is 2.27. The van der Waals surface area contributed by atoms with Gasteiger partial charge in [-0.1, -0.05) is 25.1 Å². The van der Waals surface area contributed by atoms with E-state index in [0.717, 1.165) is 0 Å². The Morgan fingerprint density at radius 1 is 1.35 bits per heavy atom. The Morgan fingerprint density at radius 3 is 2.71 bits per heavy atom. The van der Waals surface area contributed by atoms with Crippen LogP contribution in [-0.2, 0) is 5.54 Å². The summed E-state index contributed by atoms with van der Waals surface area (Å²) in [5.41, 5.74) is -1.79. The molecule has 0 aromatic heterocycles. The Morgan fingerprint density at radius 2 is 2.06 bits per heavy atom. The van der Waals surface area contributed by atoms with Crippen LogP contribution in [0.4, 0.5) is 13.2 Å². The maximum Gasteiger partial charge on any atom is 0.411 e. The number of alkyl halides is 3. The van der Waals surface area contributed by atoms with Gasteiger partial charge in [0.1, 0.15) is 11.3 Å². The quantitative estimate of drug-likeness (QED) is 0.865. The Balaban J connectivity index is 2.55. The highest BCUT2D eigenvalue weighted by atomic mass is 19.4. The minimum Gasteiger partial charge on any atom is -0.493 e. The molecular formula is C12H14F3NO. The molecule has 1 aliphatic heterocycles. The van der Waals surface area contributed by atoms with Crippen LogP contribution in [0.15, 0.2) is 24.3 Å². The van der Waals surface area contributed by atoms with Gasteiger partial charge in [0.2, 0.25) is 0 Å². The lowest BCUT2D eigenvalue weighted by Gasteiger charge is -2.40. The Hall–Kier alpha value is -1.23. The number of hydrogen-bond donors (Lipinski definition) is 1. The van der Waals surface area contributed by atoms with Crippen molar-refractivity contribution in [2.75, 3.05) is 13.2 Å². The van der Waals surface area contributed by atoms with Crippen molar-refractivity contribution in [1.82, 2.24) is 5.32 Å². The molecule has 0 aliphatic carbocycles. The average Bonchev–Trinajstić information content (AvgIpc) is 2.28. The number of rotatable bonds is 2. The molecule has 5 heteroatoms. The topological polar surface area (TPSA) is 21.3 Å². The smallest absolute Gasteiger partial charge is 0.411 e. The lowest BCUT2D eigenvalue weighted by molar-refractivity contribution is -0.208. The monoisotopic (exact) mass is 245 g/mol. The molecule has 1 unspecified atom stereocenters. The summed E-state index contributed by atoms with van der Waals surface area (Å²) in [4.78, 5) is 0. The van der Waals surface area contributed by atoms with Gasteiger partial charge < -0.3 is 4.74 Å². The van der Waals surface area contributed by atoms with Crippen LogP contribution in [0.3, 0.4) is 0 Å². The molecular weight excluding hydrogens is 231 g/mol. The van der Waals surface area contributed by atoms with Crippen molar-refractivity contribution in [1.29, 1.82) is 0 Å². The van der Waals surface area contributed by atoms with E-state index in [1.54, 1.807) is 25.1 Å². The van der Waals surface area contributed by atoms with Crippen molar-refractivity contribution in [3.8, 4) is 5.75 Å². The largest absolute Gasteiger partial charge is 0.493 e. The molecule has 0 spiro atoms. The highest BCUT2D eigenvalue weighted by Gasteiger charge is 2.57. The molecule has 94 valence electrons. The summed E-state index contributed by atoms with van der Waals surface area (Å²) < 4.78 is 45.3. The van der Waals surface area contributed by atoms with Gasteiger partial charge in [-0.25, -0.2) is 0 Å². The molecule has 1 aromatic rings. The van der Waals surface area contributed by atoms with Crippen molar-refractivity contribution < 1.29 is 17.9 Å². The van der Waals surface area contributed by atoms with Gasteiger partial charge in [-0.3, -0.25) is 5.32 Å². The van der Waals surface area contributed by atoms with Crippen molar-refractivity contribution in [2.45, 2.75) is 25.1 Å². The normalized spacial score (nSPS) is 24.0. The number of ether oxygens (including phenoxy) is 1. The minimum absolute atomic E-state index is 0.0729. The lowest BCUT2D eigenvalue weighted by atomic mass is 9.83. The van der Waals surface area contributed by atoms with E-state index < -0.39 is 11.7 Å². The van der Waals surface area contributed by atoms with Crippen LogP contribution in [-0.4, -0.2) is 19.3 Å². The van der Waals surface area contributed by atoms with E-state index in [2.05, 4.69) is 5.32 Å². The second-order valence-electron chi connectivity index (χ2n) is 4.03. The van der Waals surface area contributed by atoms with E-state index in [-0.39, 0.29) is 25.1 Å². The van der Waals surface area contributed by atoms with Gasteiger partial charge in [0.05, 0.1) is 6.61 Å². The van der Waals surface area contributed by atoms with Gasteiger partial charge in [0.15, 0.2) is 0 Å². The molecule has 0 fully saturated rings. The number of para-hydroxylation sites is 1. The second kappa shape index (κ2) is 4.22.